The van der Waals surface area contributed by atoms with Gasteiger partial charge < -0.3 is 9.47 Å². The zero-order chi connectivity index (χ0) is 21.1. The van der Waals surface area contributed by atoms with E-state index in [9.17, 15) is 9.18 Å². The molecule has 0 radical (unpaired) electrons. The fourth-order valence-electron chi connectivity index (χ4n) is 2.80. The number of benzene rings is 3. The lowest BCUT2D eigenvalue weighted by Crippen LogP contribution is -2.06. The van der Waals surface area contributed by atoms with E-state index >= 15 is 0 Å². The van der Waals surface area contributed by atoms with E-state index in [4.69, 9.17) is 32.7 Å². The summed E-state index contributed by atoms with van der Waals surface area (Å²) in [7, 11) is 0. The molecule has 7 heteroatoms. The zero-order valence-electron chi connectivity index (χ0n) is 15.4. The van der Waals surface area contributed by atoms with Crippen LogP contribution in [0.15, 0.2) is 77.4 Å². The van der Waals surface area contributed by atoms with Gasteiger partial charge in [-0.25, -0.2) is 14.2 Å². The van der Waals surface area contributed by atoms with Crippen molar-refractivity contribution in [1.82, 2.24) is 0 Å². The molecule has 0 saturated carbocycles. The van der Waals surface area contributed by atoms with Gasteiger partial charge in [0.1, 0.15) is 18.2 Å². The quantitative estimate of drug-likeness (QED) is 0.357. The maximum absolute atomic E-state index is 13.2. The second-order valence-electron chi connectivity index (χ2n) is 6.45. The Morgan fingerprint density at radius 3 is 2.60 bits per heavy atom. The van der Waals surface area contributed by atoms with Crippen molar-refractivity contribution in [2.24, 2.45) is 4.99 Å². The summed E-state index contributed by atoms with van der Waals surface area (Å²) in [6.45, 7) is 0.249. The average molecular weight is 442 g/mol. The summed E-state index contributed by atoms with van der Waals surface area (Å²) in [5, 5.41) is 0.839. The van der Waals surface area contributed by atoms with Crippen LogP contribution in [0.2, 0.25) is 10.0 Å². The van der Waals surface area contributed by atoms with E-state index in [2.05, 4.69) is 4.99 Å². The molecule has 3 aromatic rings. The third-order valence-electron chi connectivity index (χ3n) is 4.26. The monoisotopic (exact) mass is 441 g/mol. The van der Waals surface area contributed by atoms with Gasteiger partial charge in [-0.2, -0.15) is 0 Å². The van der Waals surface area contributed by atoms with E-state index in [1.165, 1.54) is 12.1 Å². The Labute approximate surface area is 182 Å². The fraction of sp³-hybridized carbons (Fsp3) is 0.0435. The summed E-state index contributed by atoms with van der Waals surface area (Å²) < 4.78 is 24.1. The summed E-state index contributed by atoms with van der Waals surface area (Å²) in [6.07, 6.45) is 1.60. The molecule has 0 spiro atoms. The summed E-state index contributed by atoms with van der Waals surface area (Å²) in [4.78, 5) is 16.4. The number of esters is 1. The van der Waals surface area contributed by atoms with Crippen molar-refractivity contribution in [2.45, 2.75) is 6.61 Å². The first-order chi connectivity index (χ1) is 14.5. The molecule has 0 atom stereocenters. The summed E-state index contributed by atoms with van der Waals surface area (Å²) in [5.74, 6) is -0.160. The molecule has 1 aliphatic rings. The number of rotatable bonds is 5. The van der Waals surface area contributed by atoms with Gasteiger partial charge in [-0.3, -0.25) is 0 Å². The van der Waals surface area contributed by atoms with Crippen LogP contribution >= 0.6 is 23.2 Å². The van der Waals surface area contributed by atoms with Gasteiger partial charge in [-0.15, -0.1) is 0 Å². The molecule has 1 aliphatic heterocycles. The third-order valence-corrected chi connectivity index (χ3v) is 4.82. The van der Waals surface area contributed by atoms with Gasteiger partial charge in [0, 0.05) is 5.02 Å². The molecule has 0 N–H and O–H groups in total. The van der Waals surface area contributed by atoms with Crippen molar-refractivity contribution in [1.29, 1.82) is 0 Å². The summed E-state index contributed by atoms with van der Waals surface area (Å²) in [5.41, 5.74) is 2.06. The number of carbonyl (C=O) groups excluding carboxylic acids is 1. The lowest BCUT2D eigenvalue weighted by Gasteiger charge is -2.06. The molecule has 0 fully saturated rings. The maximum Gasteiger partial charge on any atom is 0.363 e. The highest BCUT2D eigenvalue weighted by Gasteiger charge is 2.25. The highest BCUT2D eigenvalue weighted by Crippen LogP contribution is 2.26. The van der Waals surface area contributed by atoms with Crippen molar-refractivity contribution in [3.63, 3.8) is 0 Å². The fourth-order valence-corrected chi connectivity index (χ4v) is 3.17. The molecule has 0 bridgehead atoms. The largest absolute Gasteiger partial charge is 0.489 e. The van der Waals surface area contributed by atoms with E-state index in [1.807, 2.05) is 0 Å². The zero-order valence-corrected chi connectivity index (χ0v) is 17.0. The van der Waals surface area contributed by atoms with Gasteiger partial charge in [0.2, 0.25) is 5.90 Å². The first-order valence-corrected chi connectivity index (χ1v) is 9.69. The van der Waals surface area contributed by atoms with Crippen molar-refractivity contribution in [3.05, 3.63) is 105 Å². The minimum Gasteiger partial charge on any atom is -0.489 e. The molecule has 0 saturated heterocycles. The highest BCUT2D eigenvalue weighted by molar-refractivity contribution is 6.36. The lowest BCUT2D eigenvalue weighted by molar-refractivity contribution is -0.129. The summed E-state index contributed by atoms with van der Waals surface area (Å²) >= 11 is 12.1. The number of carbonyl (C=O) groups is 1. The smallest absolute Gasteiger partial charge is 0.363 e. The SMILES string of the molecule is O=C1OC(c2cc(Cl)ccc2Cl)=N/C1=C\c1ccc(OCc2cccc(F)c2)cc1. The van der Waals surface area contributed by atoms with Crippen LogP contribution in [0.3, 0.4) is 0 Å². The molecule has 4 nitrogen and oxygen atoms in total. The van der Waals surface area contributed by atoms with E-state index in [1.54, 1.807) is 60.7 Å². The lowest BCUT2D eigenvalue weighted by atomic mass is 10.2. The van der Waals surface area contributed by atoms with E-state index in [-0.39, 0.29) is 24.0 Å². The number of ether oxygens (including phenoxy) is 2. The average Bonchev–Trinajstić information content (AvgIpc) is 3.09. The molecular weight excluding hydrogens is 428 g/mol. The molecule has 0 unspecified atom stereocenters. The van der Waals surface area contributed by atoms with Gasteiger partial charge in [0.25, 0.3) is 0 Å². The summed E-state index contributed by atoms with van der Waals surface area (Å²) in [6, 6.07) is 18.1. The van der Waals surface area contributed by atoms with Crippen LogP contribution in [-0.4, -0.2) is 11.9 Å². The minimum absolute atomic E-state index is 0.105. The van der Waals surface area contributed by atoms with Crippen LogP contribution in [0.1, 0.15) is 16.7 Å². The molecule has 0 aromatic heterocycles. The van der Waals surface area contributed by atoms with Crippen LogP contribution in [0.5, 0.6) is 5.75 Å². The van der Waals surface area contributed by atoms with Crippen LogP contribution in [-0.2, 0) is 16.1 Å². The molecule has 30 heavy (non-hydrogen) atoms. The normalized spacial score (nSPS) is 14.6. The first-order valence-electron chi connectivity index (χ1n) is 8.93. The standard InChI is InChI=1S/C23H14Cl2FNO3/c24-16-6-9-20(25)19(12-16)22-27-21(23(28)30-22)11-14-4-7-18(8-5-14)29-13-15-2-1-3-17(26)10-15/h1-12H,13H2/b21-11-. The Kier molecular flexibility index (Phi) is 5.84. The number of hydrogen-bond donors (Lipinski definition) is 0. The predicted octanol–water partition coefficient (Wildman–Crippen LogP) is 6.06. The third kappa shape index (κ3) is 4.70. The van der Waals surface area contributed by atoms with Gasteiger partial charge in [0.15, 0.2) is 5.70 Å². The number of aliphatic imine (C=N–C) groups is 1. The molecule has 150 valence electrons. The van der Waals surface area contributed by atoms with Gasteiger partial charge in [-0.1, -0.05) is 47.5 Å². The maximum atomic E-state index is 13.2. The van der Waals surface area contributed by atoms with Crippen molar-refractivity contribution in [2.75, 3.05) is 0 Å². The molecule has 4 rings (SSSR count). The van der Waals surface area contributed by atoms with E-state index in [0.717, 1.165) is 11.1 Å². The van der Waals surface area contributed by atoms with Gasteiger partial charge in [0.05, 0.1) is 10.6 Å². The Morgan fingerprint density at radius 1 is 1.03 bits per heavy atom. The first kappa shape index (κ1) is 20.1. The van der Waals surface area contributed by atoms with Crippen molar-refractivity contribution >= 4 is 41.1 Å². The molecule has 0 aliphatic carbocycles. The molecule has 3 aromatic carbocycles. The molecule has 0 amide bonds. The number of cyclic esters (lactones) is 1. The topological polar surface area (TPSA) is 47.9 Å². The minimum atomic E-state index is -0.576. The van der Waals surface area contributed by atoms with E-state index < -0.39 is 5.97 Å². The predicted molar refractivity (Wildman–Crippen MR) is 114 cm³/mol. The molecular formula is C23H14Cl2FNO3. The van der Waals surface area contributed by atoms with Crippen LogP contribution in [0.4, 0.5) is 4.39 Å². The Bertz CT molecular complexity index is 1170. The van der Waals surface area contributed by atoms with Crippen molar-refractivity contribution in [3.8, 4) is 5.75 Å². The Hall–Kier alpha value is -3.15. The Balaban J connectivity index is 1.48. The second kappa shape index (κ2) is 8.69. The highest BCUT2D eigenvalue weighted by atomic mass is 35.5. The van der Waals surface area contributed by atoms with Gasteiger partial charge >= 0.3 is 5.97 Å². The van der Waals surface area contributed by atoms with Crippen LogP contribution in [0, 0.1) is 5.82 Å². The second-order valence-corrected chi connectivity index (χ2v) is 7.29. The Morgan fingerprint density at radius 2 is 1.83 bits per heavy atom. The number of halogens is 3. The van der Waals surface area contributed by atoms with Gasteiger partial charge in [-0.05, 0) is 59.7 Å². The van der Waals surface area contributed by atoms with Crippen LogP contribution in [0.25, 0.3) is 6.08 Å². The van der Waals surface area contributed by atoms with Crippen LogP contribution < -0.4 is 4.74 Å². The van der Waals surface area contributed by atoms with E-state index in [0.29, 0.717) is 21.4 Å². The number of nitrogens with zero attached hydrogens (tertiary/aromatic N) is 1. The molecule has 1 heterocycles. The number of hydrogen-bond acceptors (Lipinski definition) is 4. The van der Waals surface area contributed by atoms with Crippen molar-refractivity contribution < 1.29 is 18.7 Å².